The molecule has 1 heterocycles. The van der Waals surface area contributed by atoms with Crippen LogP contribution in [0.15, 0.2) is 5.03 Å². The smallest absolute Gasteiger partial charge is 0.340 e. The predicted molar refractivity (Wildman–Crippen MR) is 77.1 cm³/mol. The average Bonchev–Trinajstić information content (AvgIpc) is 2.25. The predicted octanol–water partition coefficient (Wildman–Crippen LogP) is 1.80. The maximum Gasteiger partial charge on any atom is 0.340 e. The Balaban J connectivity index is 2.73. The molecule has 0 bridgehead atoms. The first-order valence-corrected chi connectivity index (χ1v) is 7.30. The second-order valence-electron chi connectivity index (χ2n) is 4.66. The van der Waals surface area contributed by atoms with E-state index in [0.29, 0.717) is 28.7 Å². The van der Waals surface area contributed by atoms with Crippen molar-refractivity contribution >= 4 is 23.6 Å². The molecule has 20 heavy (non-hydrogen) atoms. The SMILES string of the molecule is Cc1nc(C)c(C(=O)O)c(SCCC(=O)NC(C)C)n1. The van der Waals surface area contributed by atoms with Crippen molar-refractivity contribution < 1.29 is 14.7 Å². The van der Waals surface area contributed by atoms with E-state index in [4.69, 9.17) is 0 Å². The molecule has 0 fully saturated rings. The summed E-state index contributed by atoms with van der Waals surface area (Å²) in [6.07, 6.45) is 0.323. The molecule has 0 saturated carbocycles. The molecule has 1 rings (SSSR count). The van der Waals surface area contributed by atoms with Gasteiger partial charge in [0.1, 0.15) is 16.4 Å². The van der Waals surface area contributed by atoms with Crippen molar-refractivity contribution in [3.8, 4) is 0 Å². The third-order valence-electron chi connectivity index (χ3n) is 2.40. The highest BCUT2D eigenvalue weighted by Gasteiger charge is 2.17. The van der Waals surface area contributed by atoms with Gasteiger partial charge >= 0.3 is 5.97 Å². The Labute approximate surface area is 122 Å². The van der Waals surface area contributed by atoms with Crippen LogP contribution in [0.1, 0.15) is 42.1 Å². The lowest BCUT2D eigenvalue weighted by molar-refractivity contribution is -0.121. The van der Waals surface area contributed by atoms with Crippen molar-refractivity contribution in [3.63, 3.8) is 0 Å². The minimum absolute atomic E-state index is 0.0492. The number of aromatic nitrogens is 2. The van der Waals surface area contributed by atoms with Gasteiger partial charge in [-0.3, -0.25) is 4.79 Å². The maximum absolute atomic E-state index is 11.5. The number of hydrogen-bond acceptors (Lipinski definition) is 5. The van der Waals surface area contributed by atoms with Crippen molar-refractivity contribution in [2.24, 2.45) is 0 Å². The Hall–Kier alpha value is -1.63. The van der Waals surface area contributed by atoms with Gasteiger partial charge in [0.25, 0.3) is 0 Å². The van der Waals surface area contributed by atoms with E-state index >= 15 is 0 Å². The van der Waals surface area contributed by atoms with Gasteiger partial charge in [-0.1, -0.05) is 0 Å². The molecule has 6 nitrogen and oxygen atoms in total. The highest BCUT2D eigenvalue weighted by atomic mass is 32.2. The molecule has 1 aromatic heterocycles. The average molecular weight is 297 g/mol. The van der Waals surface area contributed by atoms with Crippen molar-refractivity contribution in [3.05, 3.63) is 17.1 Å². The Morgan fingerprint density at radius 3 is 2.50 bits per heavy atom. The van der Waals surface area contributed by atoms with Crippen LogP contribution in [0.3, 0.4) is 0 Å². The molecule has 0 aromatic carbocycles. The van der Waals surface area contributed by atoms with Gasteiger partial charge in [0.2, 0.25) is 5.91 Å². The fraction of sp³-hybridized carbons (Fsp3) is 0.538. The van der Waals surface area contributed by atoms with Crippen LogP contribution in [0.2, 0.25) is 0 Å². The molecule has 0 aliphatic rings. The largest absolute Gasteiger partial charge is 0.478 e. The summed E-state index contributed by atoms with van der Waals surface area (Å²) < 4.78 is 0. The number of nitrogens with zero attached hydrogens (tertiary/aromatic N) is 2. The first-order chi connectivity index (χ1) is 9.31. The van der Waals surface area contributed by atoms with Crippen molar-refractivity contribution in [1.29, 1.82) is 0 Å². The van der Waals surface area contributed by atoms with Crippen LogP contribution < -0.4 is 5.32 Å². The van der Waals surface area contributed by atoms with Crippen LogP contribution in [-0.4, -0.2) is 38.7 Å². The lowest BCUT2D eigenvalue weighted by Gasteiger charge is -2.10. The minimum Gasteiger partial charge on any atom is -0.478 e. The van der Waals surface area contributed by atoms with Gasteiger partial charge in [-0.05, 0) is 27.7 Å². The summed E-state index contributed by atoms with van der Waals surface area (Å²) in [4.78, 5) is 31.0. The Morgan fingerprint density at radius 2 is 1.95 bits per heavy atom. The number of carboxylic acid groups (broad SMARTS) is 1. The van der Waals surface area contributed by atoms with Gasteiger partial charge < -0.3 is 10.4 Å². The number of carbonyl (C=O) groups is 2. The van der Waals surface area contributed by atoms with Crippen LogP contribution >= 0.6 is 11.8 Å². The Kier molecular flexibility index (Phi) is 5.94. The topological polar surface area (TPSA) is 92.2 Å². The summed E-state index contributed by atoms with van der Waals surface area (Å²) in [7, 11) is 0. The lowest BCUT2D eigenvalue weighted by atomic mass is 10.2. The second kappa shape index (κ2) is 7.23. The van der Waals surface area contributed by atoms with Gasteiger partial charge in [-0.2, -0.15) is 0 Å². The van der Waals surface area contributed by atoms with Crippen molar-refractivity contribution in [1.82, 2.24) is 15.3 Å². The van der Waals surface area contributed by atoms with Crippen LogP contribution in [0.4, 0.5) is 0 Å². The summed E-state index contributed by atoms with van der Waals surface area (Å²) >= 11 is 1.27. The van der Waals surface area contributed by atoms with E-state index in [1.54, 1.807) is 13.8 Å². The highest BCUT2D eigenvalue weighted by Crippen LogP contribution is 2.23. The molecule has 7 heteroatoms. The maximum atomic E-state index is 11.5. The fourth-order valence-electron chi connectivity index (χ4n) is 1.67. The zero-order valence-corrected chi connectivity index (χ0v) is 12.9. The van der Waals surface area contributed by atoms with E-state index in [1.807, 2.05) is 13.8 Å². The first kappa shape index (κ1) is 16.4. The van der Waals surface area contributed by atoms with Gasteiger partial charge in [-0.15, -0.1) is 11.8 Å². The van der Waals surface area contributed by atoms with Gasteiger partial charge in [-0.25, -0.2) is 14.8 Å². The number of amides is 1. The number of nitrogens with one attached hydrogen (secondary N) is 1. The Bertz CT molecular complexity index is 518. The molecule has 0 radical (unpaired) electrons. The number of aryl methyl sites for hydroxylation is 2. The van der Waals surface area contributed by atoms with Crippen LogP contribution in [0, 0.1) is 13.8 Å². The molecule has 0 unspecified atom stereocenters. The normalized spacial score (nSPS) is 10.7. The zero-order chi connectivity index (χ0) is 15.3. The number of carbonyl (C=O) groups excluding carboxylic acids is 1. The number of thioether (sulfide) groups is 1. The Morgan fingerprint density at radius 1 is 1.30 bits per heavy atom. The fourth-order valence-corrected chi connectivity index (χ4v) is 2.72. The molecule has 0 aliphatic heterocycles. The van der Waals surface area contributed by atoms with Gasteiger partial charge in [0.05, 0.1) is 5.69 Å². The molecule has 2 N–H and O–H groups in total. The molecule has 0 aliphatic carbocycles. The van der Waals surface area contributed by atoms with Gasteiger partial charge in [0.15, 0.2) is 0 Å². The third-order valence-corrected chi connectivity index (χ3v) is 3.38. The zero-order valence-electron chi connectivity index (χ0n) is 12.1. The molecule has 0 atom stereocenters. The molecule has 0 spiro atoms. The van der Waals surface area contributed by atoms with Crippen LogP contribution in [-0.2, 0) is 4.79 Å². The van der Waals surface area contributed by atoms with E-state index in [1.165, 1.54) is 11.8 Å². The standard InChI is InChI=1S/C13H19N3O3S/c1-7(2)14-10(17)5-6-20-12-11(13(18)19)8(3)15-9(4)16-12/h7H,5-6H2,1-4H3,(H,14,17)(H,18,19). The molecule has 1 amide bonds. The molecular formula is C13H19N3O3S. The van der Waals surface area contributed by atoms with E-state index in [2.05, 4.69) is 15.3 Å². The van der Waals surface area contributed by atoms with Crippen molar-refractivity contribution in [2.45, 2.75) is 45.2 Å². The summed E-state index contributed by atoms with van der Waals surface area (Å²) in [5, 5.41) is 12.4. The van der Waals surface area contributed by atoms with E-state index in [0.717, 1.165) is 0 Å². The van der Waals surface area contributed by atoms with E-state index in [-0.39, 0.29) is 17.5 Å². The number of hydrogen-bond donors (Lipinski definition) is 2. The van der Waals surface area contributed by atoms with Crippen molar-refractivity contribution in [2.75, 3.05) is 5.75 Å². The van der Waals surface area contributed by atoms with E-state index < -0.39 is 5.97 Å². The highest BCUT2D eigenvalue weighted by molar-refractivity contribution is 7.99. The summed E-state index contributed by atoms with van der Waals surface area (Å²) in [5.41, 5.74) is 0.559. The minimum atomic E-state index is -1.04. The van der Waals surface area contributed by atoms with Gasteiger partial charge in [0, 0.05) is 18.2 Å². The van der Waals surface area contributed by atoms with Crippen LogP contribution in [0.5, 0.6) is 0 Å². The molecular weight excluding hydrogens is 278 g/mol. The number of rotatable bonds is 6. The summed E-state index contributed by atoms with van der Waals surface area (Å²) in [6.45, 7) is 7.15. The molecule has 0 saturated heterocycles. The molecule has 110 valence electrons. The summed E-state index contributed by atoms with van der Waals surface area (Å²) in [6, 6.07) is 0.102. The first-order valence-electron chi connectivity index (χ1n) is 6.32. The quantitative estimate of drug-likeness (QED) is 0.614. The second-order valence-corrected chi connectivity index (χ2v) is 5.75. The monoisotopic (exact) mass is 297 g/mol. The third kappa shape index (κ3) is 4.80. The number of aromatic carboxylic acids is 1. The lowest BCUT2D eigenvalue weighted by Crippen LogP contribution is -2.30. The number of carboxylic acids is 1. The van der Waals surface area contributed by atoms with E-state index in [9.17, 15) is 14.7 Å². The molecule has 1 aromatic rings. The summed E-state index contributed by atoms with van der Waals surface area (Å²) in [5.74, 6) is -0.0838. The van der Waals surface area contributed by atoms with Crippen LogP contribution in [0.25, 0.3) is 0 Å².